The Labute approximate surface area is 96.4 Å². The number of methoxy groups -OCH3 is 1. The molecule has 0 spiro atoms. The summed E-state index contributed by atoms with van der Waals surface area (Å²) in [6.45, 7) is 0.853. The van der Waals surface area contributed by atoms with Crippen molar-refractivity contribution in [2.24, 2.45) is 11.8 Å². The van der Waals surface area contributed by atoms with Crippen LogP contribution in [0.2, 0.25) is 0 Å². The van der Waals surface area contributed by atoms with Crippen molar-refractivity contribution in [2.45, 2.75) is 44.2 Å². The molecule has 0 amide bonds. The predicted octanol–water partition coefficient (Wildman–Crippen LogP) is 1.25. The minimum atomic E-state index is -0.684. The van der Waals surface area contributed by atoms with Gasteiger partial charge in [-0.3, -0.25) is 4.79 Å². The van der Waals surface area contributed by atoms with E-state index in [0.29, 0.717) is 17.9 Å². The van der Waals surface area contributed by atoms with Crippen molar-refractivity contribution in [3.05, 3.63) is 0 Å². The standard InChI is InChI=1S/C12H21NO3/c1-16-9-4-2-8(3-5-9)10-6-7-13-11(10)12(14)15/h8-11,13H,2-7H2,1H3,(H,14,15)/t8?,9?,10?,11-/m0/s1. The maximum atomic E-state index is 11.1. The molecule has 1 heterocycles. The van der Waals surface area contributed by atoms with Crippen molar-refractivity contribution in [3.63, 3.8) is 0 Å². The molecule has 0 bridgehead atoms. The topological polar surface area (TPSA) is 58.6 Å². The third-order valence-electron chi connectivity index (χ3n) is 4.19. The molecule has 4 heteroatoms. The second-order valence-electron chi connectivity index (χ2n) is 5.00. The Hall–Kier alpha value is -0.610. The van der Waals surface area contributed by atoms with E-state index in [-0.39, 0.29) is 6.04 Å². The van der Waals surface area contributed by atoms with Gasteiger partial charge in [0, 0.05) is 7.11 Å². The number of nitrogens with one attached hydrogen (secondary N) is 1. The van der Waals surface area contributed by atoms with Crippen LogP contribution in [0.1, 0.15) is 32.1 Å². The molecule has 1 saturated carbocycles. The van der Waals surface area contributed by atoms with E-state index in [1.807, 2.05) is 0 Å². The molecule has 1 unspecified atom stereocenters. The minimum absolute atomic E-state index is 0.316. The van der Waals surface area contributed by atoms with E-state index in [1.165, 1.54) is 0 Å². The summed E-state index contributed by atoms with van der Waals surface area (Å²) in [4.78, 5) is 11.1. The van der Waals surface area contributed by atoms with Gasteiger partial charge in [0.25, 0.3) is 0 Å². The van der Waals surface area contributed by atoms with E-state index in [1.54, 1.807) is 7.11 Å². The van der Waals surface area contributed by atoms with Gasteiger partial charge < -0.3 is 15.2 Å². The van der Waals surface area contributed by atoms with Crippen LogP contribution in [0, 0.1) is 11.8 Å². The van der Waals surface area contributed by atoms with Crippen LogP contribution >= 0.6 is 0 Å². The van der Waals surface area contributed by atoms with Gasteiger partial charge in [-0.1, -0.05) is 0 Å². The van der Waals surface area contributed by atoms with Crippen LogP contribution in [0.25, 0.3) is 0 Å². The molecular weight excluding hydrogens is 206 g/mol. The fraction of sp³-hybridized carbons (Fsp3) is 0.917. The molecule has 2 fully saturated rings. The lowest BCUT2D eigenvalue weighted by atomic mass is 9.76. The van der Waals surface area contributed by atoms with Gasteiger partial charge in [-0.2, -0.15) is 0 Å². The molecule has 92 valence electrons. The number of aliphatic carboxylic acids is 1. The molecule has 1 saturated heterocycles. The van der Waals surface area contributed by atoms with E-state index in [2.05, 4.69) is 5.32 Å². The Morgan fingerprint density at radius 1 is 1.25 bits per heavy atom. The predicted molar refractivity (Wildman–Crippen MR) is 60.3 cm³/mol. The average molecular weight is 227 g/mol. The number of ether oxygens (including phenoxy) is 1. The smallest absolute Gasteiger partial charge is 0.320 e. The fourth-order valence-corrected chi connectivity index (χ4v) is 3.25. The van der Waals surface area contributed by atoms with Crippen LogP contribution in [-0.2, 0) is 9.53 Å². The quantitative estimate of drug-likeness (QED) is 0.762. The summed E-state index contributed by atoms with van der Waals surface area (Å²) in [6, 6.07) is -0.316. The molecule has 0 aromatic rings. The zero-order chi connectivity index (χ0) is 11.5. The van der Waals surface area contributed by atoms with Crippen LogP contribution in [-0.4, -0.2) is 36.9 Å². The van der Waals surface area contributed by atoms with Crippen molar-refractivity contribution in [3.8, 4) is 0 Å². The summed E-state index contributed by atoms with van der Waals surface area (Å²) in [5.74, 6) is 0.217. The molecule has 2 atom stereocenters. The first-order valence-electron chi connectivity index (χ1n) is 6.21. The maximum absolute atomic E-state index is 11.1. The lowest BCUT2D eigenvalue weighted by molar-refractivity contribution is -0.140. The number of carbonyl (C=O) groups is 1. The first kappa shape index (κ1) is 11.9. The van der Waals surface area contributed by atoms with E-state index >= 15 is 0 Å². The average Bonchev–Trinajstić information content (AvgIpc) is 2.78. The molecule has 0 aromatic carbocycles. The molecular formula is C12H21NO3. The Kier molecular flexibility index (Phi) is 3.82. The number of hydrogen-bond acceptors (Lipinski definition) is 3. The second kappa shape index (κ2) is 5.15. The van der Waals surface area contributed by atoms with Gasteiger partial charge in [-0.05, 0) is 50.5 Å². The molecule has 0 aromatic heterocycles. The monoisotopic (exact) mass is 227 g/mol. The number of carboxylic acids is 1. The zero-order valence-electron chi connectivity index (χ0n) is 9.82. The molecule has 2 aliphatic rings. The fourth-order valence-electron chi connectivity index (χ4n) is 3.25. The molecule has 1 aliphatic carbocycles. The van der Waals surface area contributed by atoms with E-state index in [0.717, 1.165) is 38.6 Å². The van der Waals surface area contributed by atoms with Crippen LogP contribution in [0.3, 0.4) is 0 Å². The largest absolute Gasteiger partial charge is 0.480 e. The maximum Gasteiger partial charge on any atom is 0.320 e. The Bertz CT molecular complexity index is 249. The van der Waals surface area contributed by atoms with Crippen LogP contribution in [0.4, 0.5) is 0 Å². The van der Waals surface area contributed by atoms with Crippen molar-refractivity contribution >= 4 is 5.97 Å². The van der Waals surface area contributed by atoms with Crippen molar-refractivity contribution in [2.75, 3.05) is 13.7 Å². The van der Waals surface area contributed by atoms with E-state index in [4.69, 9.17) is 9.84 Å². The number of rotatable bonds is 3. The van der Waals surface area contributed by atoms with E-state index in [9.17, 15) is 4.79 Å². The highest BCUT2D eigenvalue weighted by Crippen LogP contribution is 2.36. The van der Waals surface area contributed by atoms with Crippen molar-refractivity contribution in [1.29, 1.82) is 0 Å². The highest BCUT2D eigenvalue weighted by Gasteiger charge is 2.39. The second-order valence-corrected chi connectivity index (χ2v) is 5.00. The van der Waals surface area contributed by atoms with E-state index < -0.39 is 5.97 Å². The van der Waals surface area contributed by atoms with Gasteiger partial charge >= 0.3 is 5.97 Å². The number of carboxylic acid groups (broad SMARTS) is 1. The third-order valence-corrected chi connectivity index (χ3v) is 4.19. The van der Waals surface area contributed by atoms with Crippen LogP contribution in [0.5, 0.6) is 0 Å². The van der Waals surface area contributed by atoms with Gasteiger partial charge in [-0.15, -0.1) is 0 Å². The van der Waals surface area contributed by atoms with Gasteiger partial charge in [-0.25, -0.2) is 0 Å². The summed E-state index contributed by atoms with van der Waals surface area (Å²) in [6.07, 6.45) is 5.82. The molecule has 4 nitrogen and oxygen atoms in total. The molecule has 2 N–H and O–H groups in total. The highest BCUT2D eigenvalue weighted by atomic mass is 16.5. The van der Waals surface area contributed by atoms with Gasteiger partial charge in [0.05, 0.1) is 6.10 Å². The summed E-state index contributed by atoms with van der Waals surface area (Å²) in [5.41, 5.74) is 0. The van der Waals surface area contributed by atoms with Gasteiger partial charge in [0.15, 0.2) is 0 Å². The lowest BCUT2D eigenvalue weighted by Crippen LogP contribution is -2.39. The van der Waals surface area contributed by atoms with Crippen molar-refractivity contribution < 1.29 is 14.6 Å². The Morgan fingerprint density at radius 2 is 1.94 bits per heavy atom. The molecule has 1 aliphatic heterocycles. The summed E-state index contributed by atoms with van der Waals surface area (Å²) < 4.78 is 5.34. The molecule has 16 heavy (non-hydrogen) atoms. The number of hydrogen-bond donors (Lipinski definition) is 2. The Morgan fingerprint density at radius 3 is 2.50 bits per heavy atom. The van der Waals surface area contributed by atoms with Gasteiger partial charge in [0.1, 0.15) is 6.04 Å². The molecule has 2 rings (SSSR count). The normalized spacial score (nSPS) is 39.8. The third kappa shape index (κ3) is 2.38. The van der Waals surface area contributed by atoms with Crippen LogP contribution in [0.15, 0.2) is 0 Å². The summed E-state index contributed by atoms with van der Waals surface area (Å²) in [5, 5.41) is 12.2. The minimum Gasteiger partial charge on any atom is -0.480 e. The summed E-state index contributed by atoms with van der Waals surface area (Å²) in [7, 11) is 1.77. The lowest BCUT2D eigenvalue weighted by Gasteiger charge is -2.32. The van der Waals surface area contributed by atoms with Crippen LogP contribution < -0.4 is 5.32 Å². The van der Waals surface area contributed by atoms with Gasteiger partial charge in [0.2, 0.25) is 0 Å². The first-order valence-corrected chi connectivity index (χ1v) is 6.21. The zero-order valence-corrected chi connectivity index (χ0v) is 9.82. The first-order chi connectivity index (χ1) is 7.72. The summed E-state index contributed by atoms with van der Waals surface area (Å²) >= 11 is 0. The van der Waals surface area contributed by atoms with Crippen molar-refractivity contribution in [1.82, 2.24) is 5.32 Å². The molecule has 0 radical (unpaired) electrons. The highest BCUT2D eigenvalue weighted by molar-refractivity contribution is 5.74. The Balaban J connectivity index is 1.90. The SMILES string of the molecule is COC1CCC(C2CCN[C@@H]2C(=O)O)CC1.